The van der Waals surface area contributed by atoms with Crippen LogP contribution in [0.2, 0.25) is 0 Å². The summed E-state index contributed by atoms with van der Waals surface area (Å²) in [6.07, 6.45) is 7.31. The Hall–Kier alpha value is -1.57. The Labute approximate surface area is 145 Å². The van der Waals surface area contributed by atoms with Gasteiger partial charge in [0.05, 0.1) is 5.75 Å². The first-order chi connectivity index (χ1) is 11.6. The third kappa shape index (κ3) is 3.16. The third-order valence-corrected chi connectivity index (χ3v) is 5.95. The number of hydrogen-bond donors (Lipinski definition) is 1. The molecule has 1 aromatic heterocycles. The van der Waals surface area contributed by atoms with Crippen molar-refractivity contribution in [3.8, 4) is 0 Å². The number of carbonyl (C=O) groups is 2. The first kappa shape index (κ1) is 15.9. The van der Waals surface area contributed by atoms with Crippen LogP contribution in [-0.2, 0) is 9.59 Å². The standard InChI is InChI=1S/C16H23N5O2S/c17-14(23)12-3-1-2-8-20(12)13(22)9-24-16-19-18-15(10-4-5-10)21(16)11-6-7-11/h10-12H,1-9H2,(H2,17,23)/t12-/m1/s1. The van der Waals surface area contributed by atoms with Gasteiger partial charge in [0.1, 0.15) is 11.9 Å². The van der Waals surface area contributed by atoms with Crippen LogP contribution < -0.4 is 5.73 Å². The molecule has 3 fully saturated rings. The van der Waals surface area contributed by atoms with Crippen LogP contribution in [0.4, 0.5) is 0 Å². The molecular formula is C16H23N5O2S. The summed E-state index contributed by atoms with van der Waals surface area (Å²) in [7, 11) is 0. The van der Waals surface area contributed by atoms with Crippen molar-refractivity contribution in [2.75, 3.05) is 12.3 Å². The number of nitrogens with two attached hydrogens (primary N) is 1. The number of aromatic nitrogens is 3. The second-order valence-electron chi connectivity index (χ2n) is 7.01. The van der Waals surface area contributed by atoms with Crippen LogP contribution in [0.3, 0.4) is 0 Å². The van der Waals surface area contributed by atoms with E-state index >= 15 is 0 Å². The predicted octanol–water partition coefficient (Wildman–Crippen LogP) is 1.45. The predicted molar refractivity (Wildman–Crippen MR) is 89.5 cm³/mol. The van der Waals surface area contributed by atoms with Gasteiger partial charge < -0.3 is 15.2 Å². The molecule has 8 heteroatoms. The summed E-state index contributed by atoms with van der Waals surface area (Å²) in [4.78, 5) is 25.8. The van der Waals surface area contributed by atoms with E-state index in [-0.39, 0.29) is 5.91 Å². The van der Waals surface area contributed by atoms with Crippen molar-refractivity contribution in [2.24, 2.45) is 5.73 Å². The molecule has 1 saturated heterocycles. The van der Waals surface area contributed by atoms with Crippen molar-refractivity contribution in [1.29, 1.82) is 0 Å². The van der Waals surface area contributed by atoms with Gasteiger partial charge in [0.2, 0.25) is 11.8 Å². The highest BCUT2D eigenvalue weighted by Gasteiger charge is 2.37. The molecule has 1 aliphatic heterocycles. The molecule has 0 unspecified atom stereocenters. The summed E-state index contributed by atoms with van der Waals surface area (Å²) in [6, 6.07) is 0.0664. The lowest BCUT2D eigenvalue weighted by molar-refractivity contribution is -0.138. The largest absolute Gasteiger partial charge is 0.368 e. The Morgan fingerprint density at radius 2 is 1.92 bits per heavy atom. The molecule has 0 spiro atoms. The highest BCUT2D eigenvalue weighted by molar-refractivity contribution is 7.99. The van der Waals surface area contributed by atoms with E-state index in [4.69, 9.17) is 5.73 Å². The maximum absolute atomic E-state index is 12.6. The number of thioether (sulfide) groups is 1. The maximum Gasteiger partial charge on any atom is 0.240 e. The molecule has 2 amide bonds. The van der Waals surface area contributed by atoms with Gasteiger partial charge in [-0.05, 0) is 44.9 Å². The van der Waals surface area contributed by atoms with Gasteiger partial charge in [-0.2, -0.15) is 0 Å². The number of nitrogens with zero attached hydrogens (tertiary/aromatic N) is 4. The number of rotatable bonds is 6. The lowest BCUT2D eigenvalue weighted by Crippen LogP contribution is -2.51. The molecule has 7 nitrogen and oxygen atoms in total. The SMILES string of the molecule is NC(=O)[C@H]1CCCCN1C(=O)CSc1nnc(C2CC2)n1C1CC1. The van der Waals surface area contributed by atoms with Gasteiger partial charge in [-0.15, -0.1) is 10.2 Å². The number of hydrogen-bond acceptors (Lipinski definition) is 5. The summed E-state index contributed by atoms with van der Waals surface area (Å²) in [5.74, 6) is 1.52. The molecule has 2 heterocycles. The topological polar surface area (TPSA) is 94.1 Å². The van der Waals surface area contributed by atoms with Gasteiger partial charge in [-0.3, -0.25) is 9.59 Å². The van der Waals surface area contributed by atoms with Crippen LogP contribution in [0.25, 0.3) is 0 Å². The molecule has 0 bridgehead atoms. The van der Waals surface area contributed by atoms with E-state index in [9.17, 15) is 9.59 Å². The average Bonchev–Trinajstić information content (AvgIpc) is 3.51. The summed E-state index contributed by atoms with van der Waals surface area (Å²) in [5.41, 5.74) is 5.45. The Kier molecular flexibility index (Phi) is 4.24. The zero-order valence-electron chi connectivity index (χ0n) is 13.7. The van der Waals surface area contributed by atoms with E-state index in [2.05, 4.69) is 14.8 Å². The van der Waals surface area contributed by atoms with Crippen molar-refractivity contribution in [2.45, 2.75) is 68.1 Å². The molecule has 1 aromatic rings. The smallest absolute Gasteiger partial charge is 0.240 e. The van der Waals surface area contributed by atoms with Crippen LogP contribution in [0, 0.1) is 0 Å². The molecule has 2 saturated carbocycles. The second-order valence-corrected chi connectivity index (χ2v) is 7.95. The molecule has 24 heavy (non-hydrogen) atoms. The van der Waals surface area contributed by atoms with Crippen molar-refractivity contribution in [1.82, 2.24) is 19.7 Å². The van der Waals surface area contributed by atoms with Gasteiger partial charge in [-0.1, -0.05) is 11.8 Å². The number of primary amides is 1. The number of piperidine rings is 1. The fraction of sp³-hybridized carbons (Fsp3) is 0.750. The normalized spacial score (nSPS) is 24.2. The van der Waals surface area contributed by atoms with Crippen LogP contribution in [-0.4, -0.2) is 49.8 Å². The minimum atomic E-state index is -0.449. The molecule has 4 rings (SSSR count). The highest BCUT2D eigenvalue weighted by atomic mass is 32.2. The fourth-order valence-electron chi connectivity index (χ4n) is 3.42. The van der Waals surface area contributed by atoms with Gasteiger partial charge in [0.25, 0.3) is 0 Å². The van der Waals surface area contributed by atoms with E-state index in [0.29, 0.717) is 30.7 Å². The van der Waals surface area contributed by atoms with Crippen molar-refractivity contribution in [3.05, 3.63) is 5.82 Å². The Morgan fingerprint density at radius 1 is 1.12 bits per heavy atom. The van der Waals surface area contributed by atoms with Gasteiger partial charge in [-0.25, -0.2) is 0 Å². The first-order valence-electron chi connectivity index (χ1n) is 8.81. The summed E-state index contributed by atoms with van der Waals surface area (Å²) in [5, 5.41) is 9.54. The van der Waals surface area contributed by atoms with E-state index in [1.807, 2.05) is 0 Å². The monoisotopic (exact) mass is 349 g/mol. The molecular weight excluding hydrogens is 326 g/mol. The van der Waals surface area contributed by atoms with Crippen LogP contribution in [0.15, 0.2) is 5.16 Å². The molecule has 2 N–H and O–H groups in total. The van der Waals surface area contributed by atoms with Crippen molar-refractivity contribution in [3.63, 3.8) is 0 Å². The van der Waals surface area contributed by atoms with E-state index in [1.165, 1.54) is 37.4 Å². The first-order valence-corrected chi connectivity index (χ1v) is 9.80. The lowest BCUT2D eigenvalue weighted by Gasteiger charge is -2.33. The van der Waals surface area contributed by atoms with Gasteiger partial charge in [0, 0.05) is 18.5 Å². The van der Waals surface area contributed by atoms with E-state index < -0.39 is 11.9 Å². The highest BCUT2D eigenvalue weighted by Crippen LogP contribution is 2.46. The third-order valence-electron chi connectivity index (χ3n) is 5.02. The fourth-order valence-corrected chi connectivity index (χ4v) is 4.32. The van der Waals surface area contributed by atoms with Crippen LogP contribution in [0.5, 0.6) is 0 Å². The molecule has 3 aliphatic rings. The zero-order valence-corrected chi connectivity index (χ0v) is 14.5. The molecule has 130 valence electrons. The molecule has 1 atom stereocenters. The Balaban J connectivity index is 1.43. The lowest BCUT2D eigenvalue weighted by atomic mass is 10.0. The summed E-state index contributed by atoms with van der Waals surface area (Å²) in [6.45, 7) is 0.621. The summed E-state index contributed by atoms with van der Waals surface area (Å²) >= 11 is 1.44. The maximum atomic E-state index is 12.6. The minimum Gasteiger partial charge on any atom is -0.368 e. The van der Waals surface area contributed by atoms with Crippen molar-refractivity contribution < 1.29 is 9.59 Å². The molecule has 0 aromatic carbocycles. The average molecular weight is 349 g/mol. The number of amides is 2. The Bertz CT molecular complexity index is 653. The quantitative estimate of drug-likeness (QED) is 0.785. The van der Waals surface area contributed by atoms with Crippen LogP contribution in [0.1, 0.15) is 62.7 Å². The summed E-state index contributed by atoms with van der Waals surface area (Å²) < 4.78 is 2.25. The van der Waals surface area contributed by atoms with E-state index in [1.54, 1.807) is 4.90 Å². The molecule has 2 aliphatic carbocycles. The minimum absolute atomic E-state index is 0.0261. The van der Waals surface area contributed by atoms with E-state index in [0.717, 1.165) is 23.8 Å². The number of likely N-dealkylation sites (tertiary alicyclic amines) is 1. The molecule has 0 radical (unpaired) electrons. The van der Waals surface area contributed by atoms with Crippen molar-refractivity contribution >= 4 is 23.6 Å². The second kappa shape index (κ2) is 6.38. The zero-order chi connectivity index (χ0) is 16.7. The Morgan fingerprint density at radius 3 is 2.58 bits per heavy atom. The van der Waals surface area contributed by atoms with Gasteiger partial charge in [0.15, 0.2) is 5.16 Å². The van der Waals surface area contributed by atoms with Crippen LogP contribution >= 0.6 is 11.8 Å². The van der Waals surface area contributed by atoms with Gasteiger partial charge >= 0.3 is 0 Å². The number of carbonyl (C=O) groups excluding carboxylic acids is 2.